The van der Waals surface area contributed by atoms with Gasteiger partial charge in [-0.25, -0.2) is 0 Å². The van der Waals surface area contributed by atoms with Gasteiger partial charge in [-0.05, 0) is 35.1 Å². The molecular formula is C26H25N3O3. The molecule has 6 nitrogen and oxygen atoms in total. The lowest BCUT2D eigenvalue weighted by Gasteiger charge is -2.39. The standard InChI is InChI=1S/C26H25N3O3/c30-25(22-9-5-8-18-11-12-27-16-23(18)22)28-15-21-14-19-6-1-2-7-20(19)17-29(21)26(31)24-10-3-4-13-32-24/h1-9,11-12,16,21,24H,10,13-15,17H2,(H,28,30). The number of rotatable bonds is 4. The van der Waals surface area contributed by atoms with Crippen molar-refractivity contribution < 1.29 is 14.3 Å². The second-order valence-corrected chi connectivity index (χ2v) is 8.23. The van der Waals surface area contributed by atoms with Crippen LogP contribution < -0.4 is 5.32 Å². The third-order valence-electron chi connectivity index (χ3n) is 6.25. The summed E-state index contributed by atoms with van der Waals surface area (Å²) in [5.74, 6) is -0.177. The fourth-order valence-corrected chi connectivity index (χ4v) is 4.53. The highest BCUT2D eigenvalue weighted by Gasteiger charge is 2.34. The second-order valence-electron chi connectivity index (χ2n) is 8.23. The van der Waals surface area contributed by atoms with Gasteiger partial charge in [-0.2, -0.15) is 0 Å². The maximum atomic E-state index is 13.3. The van der Waals surface area contributed by atoms with Gasteiger partial charge >= 0.3 is 0 Å². The third-order valence-corrected chi connectivity index (χ3v) is 6.25. The molecule has 162 valence electrons. The highest BCUT2D eigenvalue weighted by atomic mass is 16.5. The van der Waals surface area contributed by atoms with E-state index < -0.39 is 6.10 Å². The van der Waals surface area contributed by atoms with Gasteiger partial charge in [0, 0.05) is 42.9 Å². The van der Waals surface area contributed by atoms with E-state index in [0.717, 1.165) is 16.3 Å². The number of carbonyl (C=O) groups is 2. The van der Waals surface area contributed by atoms with Crippen LogP contribution in [-0.2, 0) is 22.5 Å². The lowest BCUT2D eigenvalue weighted by molar-refractivity contribution is -0.147. The van der Waals surface area contributed by atoms with Crippen LogP contribution in [0.5, 0.6) is 0 Å². The summed E-state index contributed by atoms with van der Waals surface area (Å²) in [6, 6.07) is 15.6. The number of nitrogens with one attached hydrogen (secondary N) is 1. The van der Waals surface area contributed by atoms with Crippen molar-refractivity contribution in [1.29, 1.82) is 0 Å². The fourth-order valence-electron chi connectivity index (χ4n) is 4.53. The van der Waals surface area contributed by atoms with E-state index in [1.165, 1.54) is 5.56 Å². The average Bonchev–Trinajstić information content (AvgIpc) is 2.86. The normalized spacial score (nSPS) is 20.1. The van der Waals surface area contributed by atoms with Gasteiger partial charge in [-0.1, -0.05) is 48.6 Å². The van der Waals surface area contributed by atoms with Crippen LogP contribution in [0.25, 0.3) is 10.8 Å². The molecule has 2 amide bonds. The molecule has 1 aromatic heterocycles. The van der Waals surface area contributed by atoms with Crippen LogP contribution >= 0.6 is 0 Å². The molecule has 3 heterocycles. The Bertz CT molecular complexity index is 1180. The number of amides is 2. The molecule has 0 bridgehead atoms. The number of hydrogen-bond acceptors (Lipinski definition) is 4. The first-order valence-corrected chi connectivity index (χ1v) is 11.0. The van der Waals surface area contributed by atoms with Crippen molar-refractivity contribution >= 4 is 22.6 Å². The van der Waals surface area contributed by atoms with Gasteiger partial charge in [0.05, 0.1) is 12.6 Å². The number of aromatic nitrogens is 1. The molecule has 0 radical (unpaired) electrons. The smallest absolute Gasteiger partial charge is 0.252 e. The quantitative estimate of drug-likeness (QED) is 0.649. The Kier molecular flexibility index (Phi) is 5.69. The number of carbonyl (C=O) groups excluding carboxylic acids is 2. The van der Waals surface area contributed by atoms with Crippen LogP contribution in [0.2, 0.25) is 0 Å². The van der Waals surface area contributed by atoms with Gasteiger partial charge in [-0.3, -0.25) is 14.6 Å². The Morgan fingerprint density at radius 3 is 2.78 bits per heavy atom. The van der Waals surface area contributed by atoms with Crippen molar-refractivity contribution in [2.75, 3.05) is 13.2 Å². The summed E-state index contributed by atoms with van der Waals surface area (Å²) >= 11 is 0. The topological polar surface area (TPSA) is 71.5 Å². The lowest BCUT2D eigenvalue weighted by atomic mass is 9.93. The number of benzene rings is 2. The monoisotopic (exact) mass is 427 g/mol. The third kappa shape index (κ3) is 4.01. The van der Waals surface area contributed by atoms with E-state index in [9.17, 15) is 9.59 Å². The molecule has 2 unspecified atom stereocenters. The predicted octanol–water partition coefficient (Wildman–Crippen LogP) is 3.26. The minimum absolute atomic E-state index is 0.0162. The zero-order valence-electron chi connectivity index (χ0n) is 17.7. The van der Waals surface area contributed by atoms with E-state index in [1.807, 2.05) is 47.4 Å². The Balaban J connectivity index is 1.36. The molecule has 5 rings (SSSR count). The molecule has 2 aliphatic rings. The zero-order valence-corrected chi connectivity index (χ0v) is 17.7. The number of hydrogen-bond donors (Lipinski definition) is 1. The molecule has 0 saturated carbocycles. The van der Waals surface area contributed by atoms with E-state index in [-0.39, 0.29) is 17.9 Å². The van der Waals surface area contributed by atoms with E-state index in [0.29, 0.717) is 38.1 Å². The number of pyridine rings is 1. The second kappa shape index (κ2) is 8.93. The summed E-state index contributed by atoms with van der Waals surface area (Å²) in [6.45, 7) is 1.35. The molecule has 0 saturated heterocycles. The molecule has 0 fully saturated rings. The van der Waals surface area contributed by atoms with Gasteiger partial charge < -0.3 is 15.0 Å². The maximum absolute atomic E-state index is 13.3. The first-order valence-electron chi connectivity index (χ1n) is 11.0. The van der Waals surface area contributed by atoms with Crippen molar-refractivity contribution in [3.8, 4) is 0 Å². The molecule has 3 aromatic rings. The Morgan fingerprint density at radius 1 is 1.06 bits per heavy atom. The van der Waals surface area contributed by atoms with Gasteiger partial charge in [0.15, 0.2) is 0 Å². The predicted molar refractivity (Wildman–Crippen MR) is 122 cm³/mol. The van der Waals surface area contributed by atoms with Crippen molar-refractivity contribution in [3.63, 3.8) is 0 Å². The maximum Gasteiger partial charge on any atom is 0.252 e. The van der Waals surface area contributed by atoms with E-state index in [2.05, 4.69) is 22.4 Å². The van der Waals surface area contributed by atoms with E-state index in [4.69, 9.17) is 4.74 Å². The molecular weight excluding hydrogens is 402 g/mol. The molecule has 2 aliphatic heterocycles. The Hall–Kier alpha value is -3.51. The highest BCUT2D eigenvalue weighted by molar-refractivity contribution is 6.06. The van der Waals surface area contributed by atoms with Crippen LogP contribution in [0.3, 0.4) is 0 Å². The minimum atomic E-state index is -0.465. The van der Waals surface area contributed by atoms with E-state index in [1.54, 1.807) is 18.5 Å². The van der Waals surface area contributed by atoms with Crippen LogP contribution in [0.4, 0.5) is 0 Å². The Labute approximate surface area is 186 Å². The highest BCUT2D eigenvalue weighted by Crippen LogP contribution is 2.25. The average molecular weight is 428 g/mol. The summed E-state index contributed by atoms with van der Waals surface area (Å²) in [5.41, 5.74) is 2.95. The first-order chi connectivity index (χ1) is 15.7. The number of fused-ring (bicyclic) bond motifs is 2. The minimum Gasteiger partial charge on any atom is -0.364 e. The summed E-state index contributed by atoms with van der Waals surface area (Å²) in [7, 11) is 0. The molecule has 2 atom stereocenters. The largest absolute Gasteiger partial charge is 0.364 e. The molecule has 2 aromatic carbocycles. The van der Waals surface area contributed by atoms with Crippen LogP contribution in [0, 0.1) is 0 Å². The van der Waals surface area contributed by atoms with Gasteiger partial charge in [0.2, 0.25) is 0 Å². The number of ether oxygens (including phenoxy) is 1. The van der Waals surface area contributed by atoms with Crippen molar-refractivity contribution in [3.05, 3.63) is 89.8 Å². The molecule has 1 N–H and O–H groups in total. The summed E-state index contributed by atoms with van der Waals surface area (Å²) in [5, 5.41) is 4.85. The SMILES string of the molecule is O=C(NCC1Cc2ccccc2CN1C(=O)C1CC=CCO1)c1cccc2ccncc12. The van der Waals surface area contributed by atoms with Crippen LogP contribution in [-0.4, -0.2) is 47.0 Å². The summed E-state index contributed by atoms with van der Waals surface area (Å²) in [4.78, 5) is 32.4. The lowest BCUT2D eigenvalue weighted by Crippen LogP contribution is -2.53. The molecule has 0 aliphatic carbocycles. The van der Waals surface area contributed by atoms with Crippen LogP contribution in [0.1, 0.15) is 27.9 Å². The van der Waals surface area contributed by atoms with Gasteiger partial charge in [0.25, 0.3) is 11.8 Å². The zero-order chi connectivity index (χ0) is 21.9. The molecule has 0 spiro atoms. The van der Waals surface area contributed by atoms with Crippen molar-refractivity contribution in [2.45, 2.75) is 31.5 Å². The summed E-state index contributed by atoms with van der Waals surface area (Å²) < 4.78 is 5.70. The fraction of sp³-hybridized carbons (Fsp3) is 0.269. The number of nitrogens with zero attached hydrogens (tertiary/aromatic N) is 2. The first kappa shape index (κ1) is 20.4. The van der Waals surface area contributed by atoms with Crippen molar-refractivity contribution in [1.82, 2.24) is 15.2 Å². The van der Waals surface area contributed by atoms with Gasteiger partial charge in [-0.15, -0.1) is 0 Å². The molecule has 32 heavy (non-hydrogen) atoms. The van der Waals surface area contributed by atoms with Gasteiger partial charge in [0.1, 0.15) is 6.10 Å². The molecule has 6 heteroatoms. The summed E-state index contributed by atoms with van der Waals surface area (Å²) in [6.07, 6.45) is 8.18. The van der Waals surface area contributed by atoms with Crippen LogP contribution in [0.15, 0.2) is 73.1 Å². The van der Waals surface area contributed by atoms with Crippen molar-refractivity contribution in [2.24, 2.45) is 0 Å². The van der Waals surface area contributed by atoms with E-state index >= 15 is 0 Å². The Morgan fingerprint density at radius 2 is 1.94 bits per heavy atom.